The van der Waals surface area contributed by atoms with E-state index in [0.29, 0.717) is 19.7 Å². The molecule has 0 spiro atoms. The number of methoxy groups -OCH3 is 1. The van der Waals surface area contributed by atoms with Crippen LogP contribution in [0, 0.1) is 6.92 Å². The standard InChI is InChI=1S/C22H29N3O3/c1-18-4-3-5-19(16-18)24-11-13-25(14-12-24)22(26)17-23-10-15-28-21-8-6-20(27-2)7-9-21/h3-9,16,23H,10-15,17H2,1-2H3. The van der Waals surface area contributed by atoms with E-state index in [2.05, 4.69) is 41.4 Å². The van der Waals surface area contributed by atoms with Gasteiger partial charge in [-0.25, -0.2) is 0 Å². The fourth-order valence-corrected chi connectivity index (χ4v) is 3.26. The van der Waals surface area contributed by atoms with Crippen molar-refractivity contribution in [3.05, 3.63) is 54.1 Å². The summed E-state index contributed by atoms with van der Waals surface area (Å²) in [6, 6.07) is 16.0. The molecule has 1 amide bonds. The van der Waals surface area contributed by atoms with Gasteiger partial charge in [-0.1, -0.05) is 12.1 Å². The van der Waals surface area contributed by atoms with Gasteiger partial charge in [0.25, 0.3) is 0 Å². The Kier molecular flexibility index (Phi) is 7.14. The zero-order valence-electron chi connectivity index (χ0n) is 16.7. The van der Waals surface area contributed by atoms with Crippen molar-refractivity contribution < 1.29 is 14.3 Å². The molecule has 0 aromatic heterocycles. The highest BCUT2D eigenvalue weighted by Gasteiger charge is 2.20. The summed E-state index contributed by atoms with van der Waals surface area (Å²) in [5.74, 6) is 1.74. The van der Waals surface area contributed by atoms with Crippen LogP contribution in [0.2, 0.25) is 0 Å². The summed E-state index contributed by atoms with van der Waals surface area (Å²) in [5, 5.41) is 3.17. The number of nitrogens with one attached hydrogen (secondary N) is 1. The lowest BCUT2D eigenvalue weighted by Gasteiger charge is -2.36. The maximum Gasteiger partial charge on any atom is 0.236 e. The first-order valence-corrected chi connectivity index (χ1v) is 9.72. The van der Waals surface area contributed by atoms with Gasteiger partial charge in [-0.3, -0.25) is 4.79 Å². The molecule has 2 aromatic carbocycles. The Hall–Kier alpha value is -2.73. The third-order valence-corrected chi connectivity index (χ3v) is 4.88. The molecule has 3 rings (SSSR count). The fourth-order valence-electron chi connectivity index (χ4n) is 3.26. The SMILES string of the molecule is COc1ccc(OCCNCC(=O)N2CCN(c3cccc(C)c3)CC2)cc1. The lowest BCUT2D eigenvalue weighted by Crippen LogP contribution is -2.51. The lowest BCUT2D eigenvalue weighted by molar-refractivity contribution is -0.130. The molecule has 1 aliphatic rings. The van der Waals surface area contributed by atoms with E-state index in [9.17, 15) is 4.79 Å². The van der Waals surface area contributed by atoms with Crippen molar-refractivity contribution in [3.8, 4) is 11.5 Å². The van der Waals surface area contributed by atoms with E-state index in [0.717, 1.165) is 37.7 Å². The molecule has 1 fully saturated rings. The van der Waals surface area contributed by atoms with Gasteiger partial charge in [-0.2, -0.15) is 0 Å². The number of ether oxygens (including phenoxy) is 2. The second-order valence-electron chi connectivity index (χ2n) is 6.91. The Labute approximate surface area is 167 Å². The predicted octanol–water partition coefficient (Wildman–Crippen LogP) is 2.32. The molecule has 0 aliphatic carbocycles. The van der Waals surface area contributed by atoms with Crippen LogP contribution < -0.4 is 19.7 Å². The Bertz CT molecular complexity index is 756. The molecule has 2 aromatic rings. The monoisotopic (exact) mass is 383 g/mol. The van der Waals surface area contributed by atoms with Crippen LogP contribution in [0.5, 0.6) is 11.5 Å². The Balaban J connectivity index is 1.32. The number of piperazine rings is 1. The van der Waals surface area contributed by atoms with Gasteiger partial charge < -0.3 is 24.6 Å². The van der Waals surface area contributed by atoms with Gasteiger partial charge in [0.05, 0.1) is 13.7 Å². The largest absolute Gasteiger partial charge is 0.497 e. The summed E-state index contributed by atoms with van der Waals surface area (Å²) in [7, 11) is 1.64. The van der Waals surface area contributed by atoms with Crippen LogP contribution in [0.4, 0.5) is 5.69 Å². The minimum atomic E-state index is 0.147. The minimum Gasteiger partial charge on any atom is -0.497 e. The van der Waals surface area contributed by atoms with Crippen molar-refractivity contribution in [1.29, 1.82) is 0 Å². The molecule has 150 valence electrons. The zero-order chi connectivity index (χ0) is 19.8. The van der Waals surface area contributed by atoms with E-state index in [4.69, 9.17) is 9.47 Å². The van der Waals surface area contributed by atoms with E-state index >= 15 is 0 Å². The van der Waals surface area contributed by atoms with Crippen molar-refractivity contribution in [1.82, 2.24) is 10.2 Å². The van der Waals surface area contributed by atoms with E-state index < -0.39 is 0 Å². The number of hydrogen-bond acceptors (Lipinski definition) is 5. The second kappa shape index (κ2) is 9.99. The highest BCUT2D eigenvalue weighted by atomic mass is 16.5. The van der Waals surface area contributed by atoms with Crippen LogP contribution in [0.1, 0.15) is 5.56 Å². The van der Waals surface area contributed by atoms with Crippen LogP contribution in [0.3, 0.4) is 0 Å². The van der Waals surface area contributed by atoms with Crippen LogP contribution >= 0.6 is 0 Å². The molecule has 28 heavy (non-hydrogen) atoms. The van der Waals surface area contributed by atoms with Gasteiger partial charge in [0.2, 0.25) is 5.91 Å². The normalized spacial score (nSPS) is 14.1. The molecular formula is C22H29N3O3. The Morgan fingerprint density at radius 3 is 2.43 bits per heavy atom. The highest BCUT2D eigenvalue weighted by Crippen LogP contribution is 2.18. The molecule has 1 saturated heterocycles. The average molecular weight is 383 g/mol. The van der Waals surface area contributed by atoms with Gasteiger partial charge >= 0.3 is 0 Å². The van der Waals surface area contributed by atoms with Crippen LogP contribution in [0.15, 0.2) is 48.5 Å². The molecule has 0 bridgehead atoms. The van der Waals surface area contributed by atoms with Gasteiger partial charge in [0.1, 0.15) is 18.1 Å². The topological polar surface area (TPSA) is 54.0 Å². The lowest BCUT2D eigenvalue weighted by atomic mass is 10.2. The number of benzene rings is 2. The number of carbonyl (C=O) groups excluding carboxylic acids is 1. The summed E-state index contributed by atoms with van der Waals surface area (Å²) in [6.07, 6.45) is 0. The van der Waals surface area contributed by atoms with Crippen molar-refractivity contribution >= 4 is 11.6 Å². The van der Waals surface area contributed by atoms with Gasteiger partial charge in [0, 0.05) is 38.4 Å². The van der Waals surface area contributed by atoms with E-state index in [1.54, 1.807) is 7.11 Å². The molecule has 1 aliphatic heterocycles. The molecule has 1 N–H and O–H groups in total. The summed E-state index contributed by atoms with van der Waals surface area (Å²) >= 11 is 0. The van der Waals surface area contributed by atoms with Gasteiger partial charge in [-0.15, -0.1) is 0 Å². The molecule has 0 unspecified atom stereocenters. The third kappa shape index (κ3) is 5.63. The Morgan fingerprint density at radius 2 is 1.75 bits per heavy atom. The number of rotatable bonds is 8. The summed E-state index contributed by atoms with van der Waals surface area (Å²) in [6.45, 7) is 6.85. The molecule has 0 radical (unpaired) electrons. The molecular weight excluding hydrogens is 354 g/mol. The van der Waals surface area contributed by atoms with Crippen molar-refractivity contribution in [2.24, 2.45) is 0 Å². The molecule has 1 heterocycles. The average Bonchev–Trinajstić information content (AvgIpc) is 2.74. The highest BCUT2D eigenvalue weighted by molar-refractivity contribution is 5.78. The molecule has 0 saturated carbocycles. The maximum atomic E-state index is 12.4. The summed E-state index contributed by atoms with van der Waals surface area (Å²) in [4.78, 5) is 16.7. The maximum absolute atomic E-state index is 12.4. The number of carbonyl (C=O) groups is 1. The van der Waals surface area contributed by atoms with Gasteiger partial charge in [-0.05, 0) is 48.9 Å². The van der Waals surface area contributed by atoms with Crippen LogP contribution in [0.25, 0.3) is 0 Å². The summed E-state index contributed by atoms with van der Waals surface area (Å²) in [5.41, 5.74) is 2.50. The van der Waals surface area contributed by atoms with Gasteiger partial charge in [0.15, 0.2) is 0 Å². The molecule has 6 nitrogen and oxygen atoms in total. The van der Waals surface area contributed by atoms with Crippen LogP contribution in [-0.4, -0.2) is 63.8 Å². The third-order valence-electron chi connectivity index (χ3n) is 4.88. The van der Waals surface area contributed by atoms with E-state index in [-0.39, 0.29) is 5.91 Å². The number of aryl methyl sites for hydroxylation is 1. The Morgan fingerprint density at radius 1 is 1.04 bits per heavy atom. The fraction of sp³-hybridized carbons (Fsp3) is 0.409. The number of hydrogen-bond donors (Lipinski definition) is 1. The van der Waals surface area contributed by atoms with Crippen LogP contribution in [-0.2, 0) is 4.79 Å². The zero-order valence-corrected chi connectivity index (χ0v) is 16.7. The summed E-state index contributed by atoms with van der Waals surface area (Å²) < 4.78 is 10.8. The number of nitrogens with zero attached hydrogens (tertiary/aromatic N) is 2. The predicted molar refractivity (Wildman–Crippen MR) is 111 cm³/mol. The first-order chi connectivity index (χ1) is 13.7. The van der Waals surface area contributed by atoms with E-state index in [1.807, 2.05) is 29.2 Å². The van der Waals surface area contributed by atoms with Crippen molar-refractivity contribution in [3.63, 3.8) is 0 Å². The first kappa shape index (κ1) is 20.0. The quantitative estimate of drug-likeness (QED) is 0.709. The number of anilines is 1. The minimum absolute atomic E-state index is 0.147. The van der Waals surface area contributed by atoms with Crippen molar-refractivity contribution in [2.45, 2.75) is 6.92 Å². The van der Waals surface area contributed by atoms with Crippen molar-refractivity contribution in [2.75, 3.05) is 57.9 Å². The molecule has 6 heteroatoms. The molecule has 0 atom stereocenters. The second-order valence-corrected chi connectivity index (χ2v) is 6.91. The number of amides is 1. The van der Waals surface area contributed by atoms with E-state index in [1.165, 1.54) is 11.3 Å². The smallest absolute Gasteiger partial charge is 0.236 e. The first-order valence-electron chi connectivity index (χ1n) is 9.72.